The van der Waals surface area contributed by atoms with Crippen LogP contribution in [0.5, 0.6) is 5.75 Å². The van der Waals surface area contributed by atoms with Gasteiger partial charge >= 0.3 is 0 Å². The number of hydrogen-bond donors (Lipinski definition) is 0. The predicted molar refractivity (Wildman–Crippen MR) is 85.5 cm³/mol. The second-order valence-corrected chi connectivity index (χ2v) is 5.26. The fraction of sp³-hybridized carbons (Fsp3) is 0.412. The van der Waals surface area contributed by atoms with Crippen LogP contribution in [0, 0.1) is 11.3 Å². The molecule has 6 nitrogen and oxygen atoms in total. The van der Waals surface area contributed by atoms with Gasteiger partial charge in [0.15, 0.2) is 0 Å². The molecule has 0 spiro atoms. The largest absolute Gasteiger partial charge is 0.494 e. The van der Waals surface area contributed by atoms with Crippen LogP contribution in [-0.2, 0) is 4.74 Å². The van der Waals surface area contributed by atoms with E-state index in [1.54, 1.807) is 0 Å². The number of ether oxygens (including phenoxy) is 2. The first-order valence-electron chi connectivity index (χ1n) is 7.78. The van der Waals surface area contributed by atoms with Crippen molar-refractivity contribution >= 4 is 5.88 Å². The molecule has 2 aromatic rings. The second kappa shape index (κ2) is 7.16. The van der Waals surface area contributed by atoms with Crippen LogP contribution >= 0.6 is 0 Å². The maximum atomic E-state index is 9.30. The van der Waals surface area contributed by atoms with Crippen LogP contribution in [0.2, 0.25) is 0 Å². The Morgan fingerprint density at radius 3 is 2.65 bits per heavy atom. The highest BCUT2D eigenvalue weighted by Gasteiger charge is 2.22. The van der Waals surface area contributed by atoms with E-state index >= 15 is 0 Å². The lowest BCUT2D eigenvalue weighted by molar-refractivity contribution is 0.121. The molecule has 0 radical (unpaired) electrons. The minimum Gasteiger partial charge on any atom is -0.494 e. The summed E-state index contributed by atoms with van der Waals surface area (Å²) in [7, 11) is 0. The van der Waals surface area contributed by atoms with E-state index in [0.717, 1.165) is 17.7 Å². The van der Waals surface area contributed by atoms with Crippen molar-refractivity contribution in [1.29, 1.82) is 5.26 Å². The first-order chi connectivity index (χ1) is 11.3. The van der Waals surface area contributed by atoms with Crippen LogP contribution in [0.3, 0.4) is 0 Å². The summed E-state index contributed by atoms with van der Waals surface area (Å²) < 4.78 is 16.7. The van der Waals surface area contributed by atoms with E-state index in [9.17, 15) is 5.26 Å². The van der Waals surface area contributed by atoms with Crippen molar-refractivity contribution in [3.63, 3.8) is 0 Å². The number of oxazole rings is 1. The summed E-state index contributed by atoms with van der Waals surface area (Å²) in [5.74, 6) is 1.79. The minimum atomic E-state index is 0.313. The lowest BCUT2D eigenvalue weighted by Crippen LogP contribution is -2.36. The molecule has 1 aromatic heterocycles. The van der Waals surface area contributed by atoms with Gasteiger partial charge in [-0.2, -0.15) is 10.2 Å². The summed E-state index contributed by atoms with van der Waals surface area (Å²) in [5, 5.41) is 9.30. The Kier molecular flexibility index (Phi) is 4.79. The molecule has 1 fully saturated rings. The van der Waals surface area contributed by atoms with Gasteiger partial charge in [0.2, 0.25) is 17.5 Å². The topological polar surface area (TPSA) is 71.5 Å². The lowest BCUT2D eigenvalue weighted by Gasteiger charge is -2.25. The zero-order valence-electron chi connectivity index (χ0n) is 13.1. The molecule has 1 aromatic carbocycles. The molecule has 3 rings (SSSR count). The molecule has 1 aliphatic heterocycles. The van der Waals surface area contributed by atoms with E-state index in [1.807, 2.05) is 29.2 Å². The van der Waals surface area contributed by atoms with Gasteiger partial charge in [0.1, 0.15) is 11.8 Å². The number of anilines is 1. The molecule has 0 atom stereocenters. The van der Waals surface area contributed by atoms with Crippen LogP contribution < -0.4 is 9.64 Å². The van der Waals surface area contributed by atoms with Gasteiger partial charge in [0.25, 0.3) is 0 Å². The van der Waals surface area contributed by atoms with Crippen LogP contribution in [0.25, 0.3) is 11.5 Å². The Morgan fingerprint density at radius 2 is 2.00 bits per heavy atom. The smallest absolute Gasteiger partial charge is 0.235 e. The predicted octanol–water partition coefficient (Wildman–Crippen LogP) is 2.84. The van der Waals surface area contributed by atoms with E-state index < -0.39 is 0 Å². The summed E-state index contributed by atoms with van der Waals surface area (Å²) in [5.41, 5.74) is 1.14. The first-order valence-corrected chi connectivity index (χ1v) is 7.78. The Balaban J connectivity index is 1.82. The zero-order valence-corrected chi connectivity index (χ0v) is 13.1. The van der Waals surface area contributed by atoms with Crippen molar-refractivity contribution in [2.75, 3.05) is 37.8 Å². The van der Waals surface area contributed by atoms with Gasteiger partial charge in [-0.15, -0.1) is 0 Å². The molecule has 0 unspecified atom stereocenters. The first kappa shape index (κ1) is 15.4. The molecule has 0 amide bonds. The van der Waals surface area contributed by atoms with E-state index in [0.29, 0.717) is 50.4 Å². The summed E-state index contributed by atoms with van der Waals surface area (Å²) >= 11 is 0. The highest BCUT2D eigenvalue weighted by atomic mass is 16.5. The summed E-state index contributed by atoms with van der Waals surface area (Å²) in [6, 6.07) is 9.66. The molecule has 23 heavy (non-hydrogen) atoms. The molecule has 0 aliphatic carbocycles. The number of nitriles is 1. The Labute approximate surface area is 135 Å². The third kappa shape index (κ3) is 3.46. The van der Waals surface area contributed by atoms with Gasteiger partial charge in [-0.05, 0) is 30.7 Å². The van der Waals surface area contributed by atoms with Crippen LogP contribution in [0.15, 0.2) is 28.7 Å². The minimum absolute atomic E-state index is 0.313. The zero-order chi connectivity index (χ0) is 16.1. The molecule has 1 aliphatic rings. The number of rotatable bonds is 5. The third-order valence-electron chi connectivity index (χ3n) is 3.59. The quantitative estimate of drug-likeness (QED) is 0.845. The number of aromatic nitrogens is 1. The molecular weight excluding hydrogens is 294 g/mol. The van der Waals surface area contributed by atoms with Gasteiger partial charge < -0.3 is 18.8 Å². The number of morpholine rings is 1. The lowest BCUT2D eigenvalue weighted by atomic mass is 10.2. The average Bonchev–Trinajstić information content (AvgIpc) is 3.05. The van der Waals surface area contributed by atoms with Crippen LogP contribution in [-0.4, -0.2) is 37.9 Å². The number of benzene rings is 1. The molecule has 0 saturated carbocycles. The van der Waals surface area contributed by atoms with Crippen molar-refractivity contribution in [3.8, 4) is 23.3 Å². The van der Waals surface area contributed by atoms with Crippen LogP contribution in [0.1, 0.15) is 19.0 Å². The summed E-state index contributed by atoms with van der Waals surface area (Å²) in [6.45, 7) is 5.42. The molecule has 0 bridgehead atoms. The van der Waals surface area contributed by atoms with Crippen LogP contribution in [0.4, 0.5) is 5.88 Å². The van der Waals surface area contributed by atoms with Gasteiger partial charge in [0.05, 0.1) is 19.8 Å². The summed E-state index contributed by atoms with van der Waals surface area (Å²) in [4.78, 5) is 6.31. The Morgan fingerprint density at radius 1 is 1.26 bits per heavy atom. The monoisotopic (exact) mass is 313 g/mol. The Hall–Kier alpha value is -2.52. The second-order valence-electron chi connectivity index (χ2n) is 5.26. The van der Waals surface area contributed by atoms with E-state index in [1.165, 1.54) is 0 Å². The SMILES string of the molecule is CCCOc1ccc(-c2nc(C#N)c(N3CCOCC3)o2)cc1. The van der Waals surface area contributed by atoms with Crippen molar-refractivity contribution in [2.45, 2.75) is 13.3 Å². The highest BCUT2D eigenvalue weighted by molar-refractivity contribution is 5.60. The third-order valence-corrected chi connectivity index (χ3v) is 3.59. The van der Waals surface area contributed by atoms with E-state index in [2.05, 4.69) is 18.0 Å². The fourth-order valence-corrected chi connectivity index (χ4v) is 2.40. The molecule has 0 N–H and O–H groups in total. The summed E-state index contributed by atoms with van der Waals surface area (Å²) in [6.07, 6.45) is 0.968. The number of hydrogen-bond acceptors (Lipinski definition) is 6. The van der Waals surface area contributed by atoms with Crippen molar-refractivity contribution in [1.82, 2.24) is 4.98 Å². The highest BCUT2D eigenvalue weighted by Crippen LogP contribution is 2.29. The molecule has 2 heterocycles. The Bertz CT molecular complexity index is 682. The average molecular weight is 313 g/mol. The standard InChI is InChI=1S/C17H19N3O3/c1-2-9-22-14-5-3-13(4-6-14)16-19-15(12-18)17(23-16)20-7-10-21-11-8-20/h3-6H,2,7-11H2,1H3. The molecule has 6 heteroatoms. The van der Waals surface area contributed by atoms with E-state index in [4.69, 9.17) is 13.9 Å². The normalized spacial score (nSPS) is 14.5. The van der Waals surface area contributed by atoms with Gasteiger partial charge in [0, 0.05) is 18.7 Å². The van der Waals surface area contributed by atoms with Crippen molar-refractivity contribution < 1.29 is 13.9 Å². The fourth-order valence-electron chi connectivity index (χ4n) is 2.40. The van der Waals surface area contributed by atoms with Crippen molar-refractivity contribution in [3.05, 3.63) is 30.0 Å². The molecule has 120 valence electrons. The maximum Gasteiger partial charge on any atom is 0.235 e. The van der Waals surface area contributed by atoms with Gasteiger partial charge in [-0.1, -0.05) is 6.92 Å². The number of nitrogens with zero attached hydrogens (tertiary/aromatic N) is 3. The van der Waals surface area contributed by atoms with Gasteiger partial charge in [-0.25, -0.2) is 0 Å². The van der Waals surface area contributed by atoms with Gasteiger partial charge in [-0.3, -0.25) is 0 Å². The maximum absolute atomic E-state index is 9.30. The molecular formula is C17H19N3O3. The van der Waals surface area contributed by atoms with Crippen molar-refractivity contribution in [2.24, 2.45) is 0 Å². The van der Waals surface area contributed by atoms with E-state index in [-0.39, 0.29) is 0 Å². The molecule has 1 saturated heterocycles.